The van der Waals surface area contributed by atoms with E-state index in [9.17, 15) is 0 Å². The molecule has 0 radical (unpaired) electrons. The molecule has 0 aliphatic rings. The molecule has 0 unspecified atom stereocenters. The number of hydrogen-bond acceptors (Lipinski definition) is 2. The summed E-state index contributed by atoms with van der Waals surface area (Å²) in [7, 11) is 0. The van der Waals surface area contributed by atoms with Crippen LogP contribution in [-0.2, 0) is 0 Å². The van der Waals surface area contributed by atoms with E-state index < -0.39 is 0 Å². The third-order valence-corrected chi connectivity index (χ3v) is 4.99. The van der Waals surface area contributed by atoms with Gasteiger partial charge in [-0.1, -0.05) is 0 Å². The predicted molar refractivity (Wildman–Crippen MR) is 74.3 cm³/mol. The second kappa shape index (κ2) is 3.05. The molecule has 3 aromatic carbocycles. The molecule has 0 spiro atoms. The fourth-order valence-corrected chi connectivity index (χ4v) is 4.06. The van der Waals surface area contributed by atoms with Crippen molar-refractivity contribution in [3.63, 3.8) is 0 Å². The van der Waals surface area contributed by atoms with Crippen LogP contribution in [0, 0.1) is 0 Å². The van der Waals surface area contributed by atoms with Crippen LogP contribution in [0.25, 0.3) is 31.8 Å². The van der Waals surface area contributed by atoms with E-state index in [0.29, 0.717) is 0 Å². The third-order valence-electron chi connectivity index (χ3n) is 3.23. The molecule has 0 atom stereocenters. The number of aromatic nitrogens is 1. The first-order chi connectivity index (χ1) is 8.86. The van der Waals surface area contributed by atoms with Crippen molar-refractivity contribution < 1.29 is 0 Å². The summed E-state index contributed by atoms with van der Waals surface area (Å²) in [5.41, 5.74) is 3.07. The second-order valence-electron chi connectivity index (χ2n) is 4.17. The summed E-state index contributed by atoms with van der Waals surface area (Å²) in [6.07, 6.45) is 0. The molecule has 0 aliphatic heterocycles. The van der Waals surface area contributed by atoms with Gasteiger partial charge in [-0.05, 0) is 0 Å². The van der Waals surface area contributed by atoms with E-state index in [-0.39, 0.29) is 0 Å². The van der Waals surface area contributed by atoms with Gasteiger partial charge in [0.25, 0.3) is 0 Å². The first kappa shape index (κ1) is 9.14. The first-order valence-corrected chi connectivity index (χ1v) is 7.58. The van der Waals surface area contributed by atoms with Crippen molar-refractivity contribution in [2.24, 2.45) is 0 Å². The van der Waals surface area contributed by atoms with E-state index in [1.165, 1.54) is 32.3 Å². The normalized spacial score (nSPS) is 11.7. The maximum atomic E-state index is 4.57. The van der Waals surface area contributed by atoms with Gasteiger partial charge in [-0.3, -0.25) is 0 Å². The van der Waals surface area contributed by atoms with Gasteiger partial charge in [0.15, 0.2) is 0 Å². The van der Waals surface area contributed by atoms with Crippen LogP contribution in [0.4, 0.5) is 0 Å². The number of fused-ring (bicyclic) bond motifs is 6. The molecular weight excluding hydrogens is 488 g/mol. The summed E-state index contributed by atoms with van der Waals surface area (Å²) in [6.45, 7) is 0. The Morgan fingerprint density at radius 1 is 0.889 bits per heavy atom. The molecule has 1 heterocycles. The Labute approximate surface area is 102 Å². The molecule has 0 saturated carbocycles. The Hall–Kier alpha value is -2.93. The summed E-state index contributed by atoms with van der Waals surface area (Å²) < 4.78 is 3.90. The fourth-order valence-electron chi connectivity index (χ4n) is 2.48. The van der Waals surface area contributed by atoms with E-state index in [1.807, 2.05) is 5.51 Å². The van der Waals surface area contributed by atoms with Gasteiger partial charge >= 0.3 is 102 Å². The molecule has 18 heavy (non-hydrogen) atoms. The SMILES string of the molecule is [Lr][c]1cccc2c3ccccc3c3scnc3c12. The monoisotopic (exact) mass is 496 g/mol. The van der Waals surface area contributed by atoms with Crippen LogP contribution in [0.2, 0.25) is 0 Å². The predicted octanol–water partition coefficient (Wildman–Crippen LogP) is 3.78. The van der Waals surface area contributed by atoms with Crippen molar-refractivity contribution in [3.8, 4) is 0 Å². The van der Waals surface area contributed by atoms with Gasteiger partial charge in [0.05, 0.1) is 0 Å². The van der Waals surface area contributed by atoms with Gasteiger partial charge in [-0.15, -0.1) is 0 Å². The zero-order chi connectivity index (χ0) is 12.1. The minimum absolute atomic E-state index is 1.13. The molecular formula is C15H8LrNS. The molecule has 0 saturated heterocycles. The number of thiazole rings is 1. The van der Waals surface area contributed by atoms with Crippen molar-refractivity contribution >= 4 is 49.2 Å². The number of nitrogens with zero attached hydrogens (tertiary/aromatic N) is 1. The van der Waals surface area contributed by atoms with Crippen LogP contribution in [0.5, 0.6) is 0 Å². The molecule has 4 rings (SSSR count). The number of rotatable bonds is 0. The summed E-state index contributed by atoms with van der Waals surface area (Å²) >= 11 is 1.72. The zero-order valence-corrected chi connectivity index (χ0v) is 12.2. The molecule has 0 bridgehead atoms. The zero-order valence-electron chi connectivity index (χ0n) is 9.23. The molecule has 0 N–H and O–H groups in total. The Morgan fingerprint density at radius 3 is 2.56 bits per heavy atom. The van der Waals surface area contributed by atoms with Crippen LogP contribution in [0.15, 0.2) is 48.0 Å². The van der Waals surface area contributed by atoms with Crippen LogP contribution in [-0.4, -0.2) is 4.98 Å². The molecule has 94 valence electrons. The number of hydrogen-bond donors (Lipinski definition) is 0. The average Bonchev–Trinajstić information content (AvgIpc) is 2.88. The van der Waals surface area contributed by atoms with Gasteiger partial charge in [0.1, 0.15) is 0 Å². The second-order valence-corrected chi connectivity index (χ2v) is 6.19. The average molecular weight is 496 g/mol. The van der Waals surface area contributed by atoms with E-state index in [1.54, 1.807) is 11.3 Å². The van der Waals surface area contributed by atoms with E-state index >= 15 is 0 Å². The van der Waals surface area contributed by atoms with Crippen molar-refractivity contribution in [1.82, 2.24) is 4.98 Å². The molecule has 1 nitrogen and oxygen atoms in total. The topological polar surface area (TPSA) is 12.9 Å². The van der Waals surface area contributed by atoms with Crippen molar-refractivity contribution in [3.05, 3.63) is 48.0 Å². The maximum absolute atomic E-state index is 4.57. The van der Waals surface area contributed by atoms with Gasteiger partial charge in [-0.2, -0.15) is 0 Å². The Morgan fingerprint density at radius 2 is 1.67 bits per heavy atom. The molecule has 0 amide bonds. The van der Waals surface area contributed by atoms with E-state index in [2.05, 4.69) is 47.4 Å². The Bertz CT molecular complexity index is 895. The molecule has 3 heteroatoms. The third kappa shape index (κ3) is 0.980. The van der Waals surface area contributed by atoms with Crippen molar-refractivity contribution in [2.75, 3.05) is 0 Å². The summed E-state index contributed by atoms with van der Waals surface area (Å²) in [4.78, 5) is 4.57. The van der Waals surface area contributed by atoms with E-state index in [0.717, 1.165) is 5.52 Å². The first-order valence-electron chi connectivity index (χ1n) is 5.62. The Kier molecular flexibility index (Phi) is 1.55. The molecule has 0 fully saturated rings. The van der Waals surface area contributed by atoms with Crippen LogP contribution in [0.3, 0.4) is 0 Å². The van der Waals surface area contributed by atoms with Crippen molar-refractivity contribution in [2.45, 2.75) is 0 Å². The van der Waals surface area contributed by atoms with Gasteiger partial charge in [-0.25, -0.2) is 0 Å². The quantitative estimate of drug-likeness (QED) is 0.338. The van der Waals surface area contributed by atoms with Gasteiger partial charge in [0.2, 0.25) is 0 Å². The van der Waals surface area contributed by atoms with Gasteiger partial charge in [0, 0.05) is 0 Å². The van der Waals surface area contributed by atoms with Crippen LogP contribution in [0.1, 0.15) is 0 Å². The van der Waals surface area contributed by atoms with Crippen molar-refractivity contribution in [1.29, 1.82) is 0 Å². The molecule has 4 aromatic rings. The molecule has 0 aliphatic carbocycles. The van der Waals surface area contributed by atoms with Crippen LogP contribution >= 0.6 is 11.3 Å². The standard InChI is InChI=1S/C15H8NS.Lr/c1-3-7-12-10(5-1)11-6-2-4-8-13(11)15-14(12)16-9-17-15;/h1-6,8-9H;. The summed E-state index contributed by atoms with van der Waals surface area (Å²) in [6, 6.07) is 16.3. The molecule has 1 aromatic heterocycles. The summed E-state index contributed by atoms with van der Waals surface area (Å²) in [5.74, 6) is 0. The minimum atomic E-state index is 1.13. The Balaban J connectivity index is 2.49. The fraction of sp³-hybridized carbons (Fsp3) is 0. The van der Waals surface area contributed by atoms with Gasteiger partial charge < -0.3 is 0 Å². The number of benzene rings is 3. The summed E-state index contributed by atoms with van der Waals surface area (Å²) in [5, 5.41) is 5.19. The van der Waals surface area contributed by atoms with Crippen LogP contribution < -0.4 is 6.07 Å². The van der Waals surface area contributed by atoms with E-state index in [4.69, 9.17) is 0 Å².